The zero-order chi connectivity index (χ0) is 15.6. The van der Waals surface area contributed by atoms with Gasteiger partial charge in [0.15, 0.2) is 0 Å². The third-order valence-corrected chi connectivity index (χ3v) is 4.71. The van der Waals surface area contributed by atoms with Gasteiger partial charge in [0.2, 0.25) is 6.29 Å². The van der Waals surface area contributed by atoms with Gasteiger partial charge in [0.1, 0.15) is 5.01 Å². The Morgan fingerprint density at radius 3 is 2.74 bits per heavy atom. The van der Waals surface area contributed by atoms with Crippen LogP contribution in [0.5, 0.6) is 0 Å². The van der Waals surface area contributed by atoms with Crippen molar-refractivity contribution in [2.45, 2.75) is 13.2 Å². The molecular formula is C17H15N3O2S. The first-order valence-corrected chi connectivity index (χ1v) is 8.20. The average molecular weight is 325 g/mol. The Kier molecular flexibility index (Phi) is 3.87. The zero-order valence-electron chi connectivity index (χ0n) is 12.6. The molecule has 0 amide bonds. The number of nitrogens with zero attached hydrogens (tertiary/aromatic N) is 3. The van der Waals surface area contributed by atoms with Crippen LogP contribution in [0.1, 0.15) is 16.9 Å². The van der Waals surface area contributed by atoms with Crippen molar-refractivity contribution in [1.29, 1.82) is 0 Å². The molecule has 116 valence electrons. The average Bonchev–Trinajstić information content (AvgIpc) is 3.27. The third kappa shape index (κ3) is 2.88. The Hall–Kier alpha value is -2.15. The minimum Gasteiger partial charge on any atom is -0.344 e. The topological polar surface area (TPSA) is 57.1 Å². The van der Waals surface area contributed by atoms with Crippen molar-refractivity contribution in [3.05, 3.63) is 53.4 Å². The van der Waals surface area contributed by atoms with Gasteiger partial charge < -0.3 is 9.47 Å². The second kappa shape index (κ2) is 6.16. The molecule has 23 heavy (non-hydrogen) atoms. The predicted octanol–water partition coefficient (Wildman–Crippen LogP) is 3.62. The monoisotopic (exact) mass is 325 g/mol. The van der Waals surface area contributed by atoms with Crippen molar-refractivity contribution in [2.75, 3.05) is 13.2 Å². The Bertz CT molecular complexity index is 828. The Balaban J connectivity index is 1.67. The summed E-state index contributed by atoms with van der Waals surface area (Å²) < 4.78 is 11.0. The summed E-state index contributed by atoms with van der Waals surface area (Å²) in [5.41, 5.74) is 4.01. The van der Waals surface area contributed by atoms with E-state index in [9.17, 15) is 0 Å². The molecule has 4 heterocycles. The fourth-order valence-corrected chi connectivity index (χ4v) is 3.36. The molecule has 0 saturated carbocycles. The molecule has 4 rings (SSSR count). The van der Waals surface area contributed by atoms with Gasteiger partial charge in [0, 0.05) is 24.2 Å². The molecule has 1 aliphatic heterocycles. The second-order valence-electron chi connectivity index (χ2n) is 5.23. The molecule has 0 aliphatic carbocycles. The Morgan fingerprint density at radius 1 is 1.09 bits per heavy atom. The molecule has 5 nitrogen and oxygen atoms in total. The lowest BCUT2D eigenvalue weighted by Gasteiger charge is -2.06. The summed E-state index contributed by atoms with van der Waals surface area (Å²) in [5.74, 6) is 0. The smallest absolute Gasteiger partial charge is 0.211 e. The molecule has 0 atom stereocenters. The molecule has 0 bridgehead atoms. The second-order valence-corrected chi connectivity index (χ2v) is 6.30. The summed E-state index contributed by atoms with van der Waals surface area (Å²) in [5, 5.41) is 0.835. The van der Waals surface area contributed by atoms with Crippen LogP contribution in [0.3, 0.4) is 0 Å². The van der Waals surface area contributed by atoms with Gasteiger partial charge in [-0.2, -0.15) is 0 Å². The first-order valence-electron chi connectivity index (χ1n) is 7.38. The molecule has 3 aromatic rings. The molecular weight excluding hydrogens is 310 g/mol. The maximum atomic E-state index is 5.49. The Labute approximate surface area is 138 Å². The molecule has 0 radical (unpaired) electrons. The van der Waals surface area contributed by atoms with E-state index in [1.165, 1.54) is 0 Å². The van der Waals surface area contributed by atoms with Crippen LogP contribution in [0.4, 0.5) is 0 Å². The SMILES string of the molecule is Cc1ccncc1-c1cccc(-c2cnc(C3OCCO3)s2)n1. The predicted molar refractivity (Wildman–Crippen MR) is 88.0 cm³/mol. The molecule has 0 spiro atoms. The van der Waals surface area contributed by atoms with Crippen molar-refractivity contribution in [2.24, 2.45) is 0 Å². The van der Waals surface area contributed by atoms with Crippen LogP contribution in [0.2, 0.25) is 0 Å². The van der Waals surface area contributed by atoms with Crippen LogP contribution < -0.4 is 0 Å². The van der Waals surface area contributed by atoms with Crippen LogP contribution in [0.25, 0.3) is 21.8 Å². The van der Waals surface area contributed by atoms with E-state index in [0.29, 0.717) is 13.2 Å². The minimum atomic E-state index is -0.336. The number of aryl methyl sites for hydroxylation is 1. The van der Waals surface area contributed by atoms with Crippen LogP contribution in [0.15, 0.2) is 42.9 Å². The Morgan fingerprint density at radius 2 is 1.91 bits per heavy atom. The quantitative estimate of drug-likeness (QED) is 0.736. The lowest BCUT2D eigenvalue weighted by atomic mass is 10.1. The van der Waals surface area contributed by atoms with Gasteiger partial charge in [-0.1, -0.05) is 6.07 Å². The summed E-state index contributed by atoms with van der Waals surface area (Å²) in [6.07, 6.45) is 5.13. The van der Waals surface area contributed by atoms with Gasteiger partial charge in [0.05, 0.1) is 29.5 Å². The van der Waals surface area contributed by atoms with E-state index < -0.39 is 0 Å². The largest absolute Gasteiger partial charge is 0.344 e. The van der Waals surface area contributed by atoms with Gasteiger partial charge in [-0.15, -0.1) is 11.3 Å². The summed E-state index contributed by atoms with van der Waals surface area (Å²) in [6.45, 7) is 3.30. The fraction of sp³-hybridized carbons (Fsp3) is 0.235. The van der Waals surface area contributed by atoms with E-state index in [1.807, 2.05) is 36.7 Å². The minimum absolute atomic E-state index is 0.336. The first-order chi connectivity index (χ1) is 11.3. The summed E-state index contributed by atoms with van der Waals surface area (Å²) in [6, 6.07) is 7.98. The number of pyridine rings is 2. The molecule has 6 heteroatoms. The van der Waals surface area contributed by atoms with Crippen LogP contribution in [0, 0.1) is 6.92 Å². The summed E-state index contributed by atoms with van der Waals surface area (Å²) >= 11 is 1.55. The number of rotatable bonds is 3. The maximum Gasteiger partial charge on any atom is 0.211 e. The van der Waals surface area contributed by atoms with Gasteiger partial charge in [-0.3, -0.25) is 4.98 Å². The number of hydrogen-bond donors (Lipinski definition) is 0. The van der Waals surface area contributed by atoms with Crippen molar-refractivity contribution in [3.8, 4) is 21.8 Å². The first kappa shape index (κ1) is 14.4. The molecule has 1 saturated heterocycles. The lowest BCUT2D eigenvalue weighted by molar-refractivity contribution is -0.0442. The fourth-order valence-electron chi connectivity index (χ4n) is 2.47. The zero-order valence-corrected chi connectivity index (χ0v) is 13.4. The molecule has 1 aliphatic rings. The summed E-state index contributed by atoms with van der Waals surface area (Å²) in [4.78, 5) is 14.4. The van der Waals surface area contributed by atoms with Gasteiger partial charge in [-0.25, -0.2) is 9.97 Å². The van der Waals surface area contributed by atoms with E-state index in [2.05, 4.69) is 16.9 Å². The molecule has 0 N–H and O–H groups in total. The number of aromatic nitrogens is 3. The standard InChI is InChI=1S/C17H15N3O2S/c1-11-5-6-18-9-12(11)13-3-2-4-14(20-13)15-10-19-16(23-15)17-21-7-8-22-17/h2-6,9-10,17H,7-8H2,1H3. The number of hydrogen-bond acceptors (Lipinski definition) is 6. The van der Waals surface area contributed by atoms with Crippen molar-refractivity contribution < 1.29 is 9.47 Å². The van der Waals surface area contributed by atoms with E-state index in [0.717, 1.165) is 32.4 Å². The van der Waals surface area contributed by atoms with E-state index in [4.69, 9.17) is 14.5 Å². The highest BCUT2D eigenvalue weighted by atomic mass is 32.1. The summed E-state index contributed by atoms with van der Waals surface area (Å²) in [7, 11) is 0. The molecule has 0 aromatic carbocycles. The molecule has 0 unspecified atom stereocenters. The van der Waals surface area contributed by atoms with Gasteiger partial charge in [-0.05, 0) is 30.7 Å². The highest BCUT2D eigenvalue weighted by Gasteiger charge is 2.22. The van der Waals surface area contributed by atoms with Crippen molar-refractivity contribution in [1.82, 2.24) is 15.0 Å². The highest BCUT2D eigenvalue weighted by molar-refractivity contribution is 7.15. The van der Waals surface area contributed by atoms with E-state index in [-0.39, 0.29) is 6.29 Å². The van der Waals surface area contributed by atoms with Crippen LogP contribution in [-0.2, 0) is 9.47 Å². The maximum absolute atomic E-state index is 5.49. The molecule has 1 fully saturated rings. The van der Waals surface area contributed by atoms with Gasteiger partial charge >= 0.3 is 0 Å². The lowest BCUT2D eigenvalue weighted by Crippen LogP contribution is -1.95. The van der Waals surface area contributed by atoms with E-state index in [1.54, 1.807) is 17.5 Å². The van der Waals surface area contributed by atoms with Crippen molar-refractivity contribution in [3.63, 3.8) is 0 Å². The van der Waals surface area contributed by atoms with Crippen LogP contribution in [-0.4, -0.2) is 28.2 Å². The van der Waals surface area contributed by atoms with E-state index >= 15 is 0 Å². The number of thiazole rings is 1. The molecule has 3 aromatic heterocycles. The highest BCUT2D eigenvalue weighted by Crippen LogP contribution is 2.32. The van der Waals surface area contributed by atoms with Crippen molar-refractivity contribution >= 4 is 11.3 Å². The number of ether oxygens (including phenoxy) is 2. The third-order valence-electron chi connectivity index (χ3n) is 3.66. The normalized spacial score (nSPS) is 15.2. The van der Waals surface area contributed by atoms with Gasteiger partial charge in [0.25, 0.3) is 0 Å². The van der Waals surface area contributed by atoms with Crippen LogP contribution >= 0.6 is 11.3 Å².